The normalized spacial score (nSPS) is 34.0. The molecule has 112 valence electrons. The molecule has 1 heterocycles. The zero-order chi connectivity index (χ0) is 14.8. The molecular formula is C17H30N2O+2. The Labute approximate surface area is 123 Å². The quantitative estimate of drug-likeness (QED) is 0.828. The van der Waals surface area contributed by atoms with Crippen molar-refractivity contribution in [1.29, 1.82) is 0 Å². The number of benzene rings is 1. The zero-order valence-electron chi connectivity index (χ0n) is 13.4. The van der Waals surface area contributed by atoms with Crippen LogP contribution in [0, 0.1) is 5.92 Å². The van der Waals surface area contributed by atoms with Gasteiger partial charge in [0, 0.05) is 24.2 Å². The van der Waals surface area contributed by atoms with Gasteiger partial charge in [0.15, 0.2) is 0 Å². The molecule has 1 fully saturated rings. The number of methoxy groups -OCH3 is 1. The summed E-state index contributed by atoms with van der Waals surface area (Å²) in [4.78, 5) is 1.66. The van der Waals surface area contributed by atoms with Gasteiger partial charge in [0.05, 0.1) is 33.3 Å². The lowest BCUT2D eigenvalue weighted by atomic mass is 9.63. The van der Waals surface area contributed by atoms with Crippen LogP contribution in [0.25, 0.3) is 0 Å². The summed E-state index contributed by atoms with van der Waals surface area (Å²) >= 11 is 0. The molecule has 1 unspecified atom stereocenters. The first kappa shape index (κ1) is 15.3. The zero-order valence-corrected chi connectivity index (χ0v) is 13.4. The summed E-state index contributed by atoms with van der Waals surface area (Å²) in [6, 6.07) is 9.43. The molecule has 0 radical (unpaired) electrons. The smallest absolute Gasteiger partial charge is 0.118 e. The van der Waals surface area contributed by atoms with Gasteiger partial charge in [-0.2, -0.15) is 0 Å². The van der Waals surface area contributed by atoms with Crippen molar-refractivity contribution in [3.8, 4) is 5.75 Å². The van der Waals surface area contributed by atoms with Crippen LogP contribution in [0.15, 0.2) is 24.3 Å². The summed E-state index contributed by atoms with van der Waals surface area (Å²) in [6.45, 7) is 7.03. The Kier molecular flexibility index (Phi) is 4.71. The first-order chi connectivity index (χ1) is 9.53. The van der Waals surface area contributed by atoms with Gasteiger partial charge in [-0.1, -0.05) is 19.1 Å². The lowest BCUT2D eigenvalue weighted by molar-refractivity contribution is -0.915. The third-order valence-corrected chi connectivity index (χ3v) is 5.37. The van der Waals surface area contributed by atoms with Crippen LogP contribution < -0.4 is 15.4 Å². The van der Waals surface area contributed by atoms with Gasteiger partial charge in [0.2, 0.25) is 0 Å². The first-order valence-electron chi connectivity index (χ1n) is 7.79. The summed E-state index contributed by atoms with van der Waals surface area (Å²) < 4.78 is 5.30. The second-order valence-corrected chi connectivity index (χ2v) is 6.54. The summed E-state index contributed by atoms with van der Waals surface area (Å²) in [5.74, 6) is 1.63. The minimum absolute atomic E-state index is 0.285. The van der Waals surface area contributed by atoms with Gasteiger partial charge in [-0.05, 0) is 24.6 Å². The molecule has 0 aliphatic carbocycles. The number of rotatable bonds is 4. The van der Waals surface area contributed by atoms with Crippen LogP contribution in [0.1, 0.15) is 32.3 Å². The van der Waals surface area contributed by atoms with Gasteiger partial charge in [-0.15, -0.1) is 0 Å². The van der Waals surface area contributed by atoms with Crippen molar-refractivity contribution in [1.82, 2.24) is 0 Å². The third-order valence-electron chi connectivity index (χ3n) is 5.37. The van der Waals surface area contributed by atoms with E-state index in [1.54, 1.807) is 12.0 Å². The third kappa shape index (κ3) is 2.70. The maximum atomic E-state index is 5.30. The van der Waals surface area contributed by atoms with Crippen molar-refractivity contribution in [3.05, 3.63) is 29.8 Å². The average molecular weight is 278 g/mol. The Balaban J connectivity index is 2.37. The maximum Gasteiger partial charge on any atom is 0.118 e. The minimum Gasteiger partial charge on any atom is -0.497 e. The molecule has 3 heteroatoms. The van der Waals surface area contributed by atoms with Crippen LogP contribution in [-0.2, 0) is 5.41 Å². The van der Waals surface area contributed by atoms with Gasteiger partial charge in [0.1, 0.15) is 5.75 Å². The standard InChI is InChI=1S/C17H28N2O/c1-13-12-19(3)14(2)11-17(13,9-10-18)15-5-7-16(20-4)8-6-15/h5-8,13-14H,9-12,18H2,1-4H3/p+2/t13-,14-,17-/m1/s1. The van der Waals surface area contributed by atoms with Crippen LogP contribution in [-0.4, -0.2) is 33.3 Å². The monoisotopic (exact) mass is 278 g/mol. The van der Waals surface area contributed by atoms with Crippen molar-refractivity contribution in [3.63, 3.8) is 0 Å². The second kappa shape index (κ2) is 6.15. The van der Waals surface area contributed by atoms with Crippen LogP contribution in [0.2, 0.25) is 0 Å². The van der Waals surface area contributed by atoms with E-state index < -0.39 is 0 Å². The summed E-state index contributed by atoms with van der Waals surface area (Å²) in [7, 11) is 4.05. The Bertz CT molecular complexity index is 431. The van der Waals surface area contributed by atoms with Crippen LogP contribution in [0.3, 0.4) is 0 Å². The van der Waals surface area contributed by atoms with E-state index in [1.807, 2.05) is 0 Å². The Hall–Kier alpha value is -1.06. The molecular weight excluding hydrogens is 248 g/mol. The highest BCUT2D eigenvalue weighted by Gasteiger charge is 2.45. The van der Waals surface area contributed by atoms with Crippen molar-refractivity contribution in [2.45, 2.75) is 38.1 Å². The van der Waals surface area contributed by atoms with Crippen molar-refractivity contribution < 1.29 is 15.4 Å². The fourth-order valence-corrected chi connectivity index (χ4v) is 3.93. The van der Waals surface area contributed by atoms with Crippen LogP contribution in [0.4, 0.5) is 0 Å². The van der Waals surface area contributed by atoms with Crippen LogP contribution >= 0.6 is 0 Å². The van der Waals surface area contributed by atoms with E-state index >= 15 is 0 Å². The predicted octanol–water partition coefficient (Wildman–Crippen LogP) is 0.508. The average Bonchev–Trinajstić information content (AvgIpc) is 2.45. The Morgan fingerprint density at radius 1 is 1.30 bits per heavy atom. The van der Waals surface area contributed by atoms with Crippen LogP contribution in [0.5, 0.6) is 5.75 Å². The summed E-state index contributed by atoms with van der Waals surface area (Å²) in [6.07, 6.45) is 2.43. The van der Waals surface area contributed by atoms with E-state index in [0.717, 1.165) is 12.3 Å². The van der Waals surface area contributed by atoms with E-state index in [9.17, 15) is 0 Å². The molecule has 20 heavy (non-hydrogen) atoms. The molecule has 1 aromatic carbocycles. The molecule has 4 N–H and O–H groups in total. The summed E-state index contributed by atoms with van der Waals surface area (Å²) in [5, 5.41) is 0. The number of ether oxygens (including phenoxy) is 1. The Morgan fingerprint density at radius 2 is 1.95 bits per heavy atom. The number of hydrogen-bond acceptors (Lipinski definition) is 1. The predicted molar refractivity (Wildman–Crippen MR) is 82.0 cm³/mol. The second-order valence-electron chi connectivity index (χ2n) is 6.54. The molecule has 3 nitrogen and oxygen atoms in total. The number of hydrogen-bond donors (Lipinski definition) is 2. The lowest BCUT2D eigenvalue weighted by Crippen LogP contribution is -3.15. The van der Waals surface area contributed by atoms with Gasteiger partial charge in [-0.3, -0.25) is 0 Å². The largest absolute Gasteiger partial charge is 0.497 e. The highest BCUT2D eigenvalue weighted by molar-refractivity contribution is 5.33. The molecule has 1 saturated heterocycles. The highest BCUT2D eigenvalue weighted by atomic mass is 16.5. The fraction of sp³-hybridized carbons (Fsp3) is 0.647. The van der Waals surface area contributed by atoms with Gasteiger partial charge in [0.25, 0.3) is 0 Å². The topological polar surface area (TPSA) is 41.3 Å². The molecule has 1 aromatic rings. The molecule has 2 rings (SSSR count). The molecule has 0 bridgehead atoms. The van der Waals surface area contributed by atoms with Gasteiger partial charge in [-0.25, -0.2) is 0 Å². The molecule has 0 spiro atoms. The molecule has 4 atom stereocenters. The number of nitrogens with one attached hydrogen (secondary N) is 1. The highest BCUT2D eigenvalue weighted by Crippen LogP contribution is 2.41. The van der Waals surface area contributed by atoms with E-state index in [-0.39, 0.29) is 5.41 Å². The van der Waals surface area contributed by atoms with E-state index in [4.69, 9.17) is 4.74 Å². The Morgan fingerprint density at radius 3 is 2.50 bits per heavy atom. The maximum absolute atomic E-state index is 5.30. The van der Waals surface area contributed by atoms with Gasteiger partial charge >= 0.3 is 0 Å². The molecule has 1 aliphatic heterocycles. The molecule has 0 aromatic heterocycles. The number of likely N-dealkylation sites (tertiary alicyclic amines) is 1. The SMILES string of the molecule is COc1ccc([C@]2(CC[NH3+])C[C@@H](C)[NH+](C)C[C@H]2C)cc1. The summed E-state index contributed by atoms with van der Waals surface area (Å²) in [5.41, 5.74) is 5.88. The van der Waals surface area contributed by atoms with E-state index in [2.05, 4.69) is 50.9 Å². The first-order valence-corrected chi connectivity index (χ1v) is 7.79. The number of quaternary nitrogens is 2. The lowest BCUT2D eigenvalue weighted by Gasteiger charge is -2.47. The van der Waals surface area contributed by atoms with Gasteiger partial charge < -0.3 is 15.4 Å². The molecule has 0 saturated carbocycles. The fourth-order valence-electron chi connectivity index (χ4n) is 3.93. The van der Waals surface area contributed by atoms with E-state index in [0.29, 0.717) is 12.0 Å². The minimum atomic E-state index is 0.285. The molecule has 1 aliphatic rings. The molecule has 0 amide bonds. The van der Waals surface area contributed by atoms with E-state index in [1.165, 1.54) is 24.9 Å². The van der Waals surface area contributed by atoms with Crippen molar-refractivity contribution >= 4 is 0 Å². The van der Waals surface area contributed by atoms with Crippen molar-refractivity contribution in [2.75, 3.05) is 27.2 Å². The van der Waals surface area contributed by atoms with Crippen molar-refractivity contribution in [2.24, 2.45) is 5.92 Å². The number of piperidine rings is 1.